The van der Waals surface area contributed by atoms with E-state index in [1.54, 1.807) is 4.68 Å². The average molecular weight is 253 g/mol. The number of hydrogen-bond donors (Lipinski definition) is 2. The molecule has 0 saturated carbocycles. The Morgan fingerprint density at radius 3 is 2.72 bits per heavy atom. The Balaban J connectivity index is 1.71. The van der Waals surface area contributed by atoms with Crippen LogP contribution in [0.1, 0.15) is 12.1 Å². The molecule has 6 heteroatoms. The minimum Gasteiger partial charge on any atom is -0.394 e. The predicted octanol–water partition coefficient (Wildman–Crippen LogP) is 0.445. The van der Waals surface area contributed by atoms with Crippen molar-refractivity contribution < 1.29 is 4.74 Å². The van der Waals surface area contributed by atoms with Gasteiger partial charge < -0.3 is 15.8 Å². The summed E-state index contributed by atoms with van der Waals surface area (Å²) in [6, 6.07) is 0. The number of nitrogens with one attached hydrogen (secondary N) is 1. The summed E-state index contributed by atoms with van der Waals surface area (Å²) in [7, 11) is 1.91. The quantitative estimate of drug-likeness (QED) is 0.746. The molecule has 2 rings (SSSR count). The Hall–Kier alpha value is -1.27. The van der Waals surface area contributed by atoms with E-state index in [0.717, 1.165) is 63.0 Å². The lowest BCUT2D eigenvalue weighted by molar-refractivity contribution is 0.0378. The fourth-order valence-electron chi connectivity index (χ4n) is 2.22. The first-order chi connectivity index (χ1) is 8.68. The van der Waals surface area contributed by atoms with Crippen LogP contribution < -0.4 is 11.1 Å². The number of ether oxygens (including phenoxy) is 1. The SMILES string of the molecule is Cc1nn(C)c(NCCCN2CCOCC2)c1N. The molecule has 1 aliphatic rings. The minimum atomic E-state index is 0.754. The Bertz CT molecular complexity index is 384. The van der Waals surface area contributed by atoms with Crippen LogP contribution in [-0.2, 0) is 11.8 Å². The van der Waals surface area contributed by atoms with E-state index in [4.69, 9.17) is 10.5 Å². The summed E-state index contributed by atoms with van der Waals surface area (Å²) < 4.78 is 7.13. The molecule has 0 unspecified atom stereocenters. The molecule has 1 aliphatic heterocycles. The Labute approximate surface area is 108 Å². The third-order valence-corrected chi connectivity index (χ3v) is 3.32. The van der Waals surface area contributed by atoms with Crippen molar-refractivity contribution in [3.63, 3.8) is 0 Å². The van der Waals surface area contributed by atoms with Crippen molar-refractivity contribution in [3.8, 4) is 0 Å². The number of morpholine rings is 1. The van der Waals surface area contributed by atoms with Crippen LogP contribution in [0.15, 0.2) is 0 Å². The number of nitrogens with zero attached hydrogens (tertiary/aromatic N) is 3. The van der Waals surface area contributed by atoms with E-state index in [2.05, 4.69) is 15.3 Å². The zero-order valence-corrected chi connectivity index (χ0v) is 11.3. The highest BCUT2D eigenvalue weighted by Crippen LogP contribution is 2.20. The van der Waals surface area contributed by atoms with Crippen molar-refractivity contribution in [2.75, 3.05) is 50.4 Å². The summed E-state index contributed by atoms with van der Waals surface area (Å²) in [5.41, 5.74) is 7.59. The van der Waals surface area contributed by atoms with Crippen LogP contribution in [0.5, 0.6) is 0 Å². The molecule has 0 amide bonds. The summed E-state index contributed by atoms with van der Waals surface area (Å²) in [4.78, 5) is 2.43. The second-order valence-corrected chi connectivity index (χ2v) is 4.71. The summed E-state index contributed by atoms with van der Waals surface area (Å²) in [6.07, 6.45) is 1.10. The van der Waals surface area contributed by atoms with Crippen molar-refractivity contribution in [3.05, 3.63) is 5.69 Å². The van der Waals surface area contributed by atoms with Crippen molar-refractivity contribution >= 4 is 11.5 Å². The molecule has 1 fully saturated rings. The summed E-state index contributed by atoms with van der Waals surface area (Å²) >= 11 is 0. The van der Waals surface area contributed by atoms with Gasteiger partial charge in [0.1, 0.15) is 5.82 Å². The van der Waals surface area contributed by atoms with Crippen LogP contribution in [-0.4, -0.2) is 54.1 Å². The zero-order valence-electron chi connectivity index (χ0n) is 11.3. The molecule has 18 heavy (non-hydrogen) atoms. The van der Waals surface area contributed by atoms with E-state index in [0.29, 0.717) is 0 Å². The van der Waals surface area contributed by atoms with Crippen LogP contribution in [0.2, 0.25) is 0 Å². The molecule has 0 aliphatic carbocycles. The molecule has 0 spiro atoms. The summed E-state index contributed by atoms with van der Waals surface area (Å²) in [5.74, 6) is 0.925. The van der Waals surface area contributed by atoms with Gasteiger partial charge in [0.05, 0.1) is 24.6 Å². The second kappa shape index (κ2) is 6.06. The Kier molecular flexibility index (Phi) is 4.43. The van der Waals surface area contributed by atoms with Gasteiger partial charge in [0.15, 0.2) is 0 Å². The van der Waals surface area contributed by atoms with Crippen molar-refractivity contribution in [1.29, 1.82) is 0 Å². The van der Waals surface area contributed by atoms with Gasteiger partial charge in [-0.25, -0.2) is 0 Å². The standard InChI is InChI=1S/C12H23N5O/c1-10-11(13)12(16(2)15-10)14-4-3-5-17-6-8-18-9-7-17/h14H,3-9,13H2,1-2H3. The fraction of sp³-hybridized carbons (Fsp3) is 0.750. The molecule has 1 aromatic rings. The number of nitrogens with two attached hydrogens (primary N) is 1. The molecule has 0 bridgehead atoms. The van der Waals surface area contributed by atoms with Gasteiger partial charge in [0.25, 0.3) is 0 Å². The predicted molar refractivity (Wildman–Crippen MR) is 72.7 cm³/mol. The first kappa shape index (κ1) is 13.2. The molecule has 2 heterocycles. The monoisotopic (exact) mass is 253 g/mol. The highest BCUT2D eigenvalue weighted by Gasteiger charge is 2.11. The highest BCUT2D eigenvalue weighted by atomic mass is 16.5. The molecule has 1 aromatic heterocycles. The number of aryl methyl sites for hydroxylation is 2. The van der Waals surface area contributed by atoms with E-state index in [-0.39, 0.29) is 0 Å². The van der Waals surface area contributed by atoms with Gasteiger partial charge in [-0.3, -0.25) is 9.58 Å². The lowest BCUT2D eigenvalue weighted by Crippen LogP contribution is -2.37. The zero-order chi connectivity index (χ0) is 13.0. The molecule has 0 atom stereocenters. The molecule has 0 aromatic carbocycles. The van der Waals surface area contributed by atoms with Crippen LogP contribution >= 0.6 is 0 Å². The van der Waals surface area contributed by atoms with E-state index in [1.165, 1.54) is 0 Å². The maximum Gasteiger partial charge on any atom is 0.147 e. The van der Waals surface area contributed by atoms with Crippen LogP contribution in [0.3, 0.4) is 0 Å². The third-order valence-electron chi connectivity index (χ3n) is 3.32. The number of hydrogen-bond acceptors (Lipinski definition) is 5. The second-order valence-electron chi connectivity index (χ2n) is 4.71. The third kappa shape index (κ3) is 3.14. The van der Waals surface area contributed by atoms with E-state index in [1.807, 2.05) is 14.0 Å². The maximum absolute atomic E-state index is 5.96. The van der Waals surface area contributed by atoms with Crippen LogP contribution in [0.4, 0.5) is 11.5 Å². The van der Waals surface area contributed by atoms with Gasteiger partial charge in [-0.1, -0.05) is 0 Å². The summed E-state index contributed by atoms with van der Waals surface area (Å²) in [6.45, 7) is 7.77. The van der Waals surface area contributed by atoms with Crippen LogP contribution in [0.25, 0.3) is 0 Å². The Morgan fingerprint density at radius 2 is 2.11 bits per heavy atom. The number of anilines is 2. The molecular weight excluding hydrogens is 230 g/mol. The molecule has 3 N–H and O–H groups in total. The number of aromatic nitrogens is 2. The van der Waals surface area contributed by atoms with Crippen molar-refractivity contribution in [2.24, 2.45) is 7.05 Å². The van der Waals surface area contributed by atoms with Crippen LogP contribution in [0, 0.1) is 6.92 Å². The van der Waals surface area contributed by atoms with Gasteiger partial charge in [-0.2, -0.15) is 5.10 Å². The number of rotatable bonds is 5. The minimum absolute atomic E-state index is 0.754. The van der Waals surface area contributed by atoms with Gasteiger partial charge >= 0.3 is 0 Å². The normalized spacial score (nSPS) is 17.0. The molecular formula is C12H23N5O. The van der Waals surface area contributed by atoms with Gasteiger partial charge in [0.2, 0.25) is 0 Å². The first-order valence-electron chi connectivity index (χ1n) is 6.51. The molecule has 102 valence electrons. The highest BCUT2D eigenvalue weighted by molar-refractivity contribution is 5.64. The fourth-order valence-corrected chi connectivity index (χ4v) is 2.22. The topological polar surface area (TPSA) is 68.3 Å². The van der Waals surface area contributed by atoms with Gasteiger partial charge in [-0.05, 0) is 19.9 Å². The largest absolute Gasteiger partial charge is 0.394 e. The maximum atomic E-state index is 5.96. The molecule has 6 nitrogen and oxygen atoms in total. The lowest BCUT2D eigenvalue weighted by Gasteiger charge is -2.26. The van der Waals surface area contributed by atoms with Crippen molar-refractivity contribution in [2.45, 2.75) is 13.3 Å². The van der Waals surface area contributed by atoms with Gasteiger partial charge in [0, 0.05) is 26.7 Å². The smallest absolute Gasteiger partial charge is 0.147 e. The van der Waals surface area contributed by atoms with E-state index < -0.39 is 0 Å². The molecule has 0 radical (unpaired) electrons. The first-order valence-corrected chi connectivity index (χ1v) is 6.51. The number of nitrogen functional groups attached to an aromatic ring is 1. The van der Waals surface area contributed by atoms with E-state index in [9.17, 15) is 0 Å². The van der Waals surface area contributed by atoms with E-state index >= 15 is 0 Å². The molecule has 1 saturated heterocycles. The summed E-state index contributed by atoms with van der Waals surface area (Å²) in [5, 5.41) is 7.64. The lowest BCUT2D eigenvalue weighted by atomic mass is 10.3. The average Bonchev–Trinajstić information content (AvgIpc) is 2.61. The van der Waals surface area contributed by atoms with Gasteiger partial charge in [-0.15, -0.1) is 0 Å². The van der Waals surface area contributed by atoms with Crippen molar-refractivity contribution in [1.82, 2.24) is 14.7 Å². The Morgan fingerprint density at radius 1 is 1.39 bits per heavy atom.